The second-order valence-electron chi connectivity index (χ2n) is 4.04. The molecule has 0 heterocycles. The Kier molecular flexibility index (Phi) is 4.45. The van der Waals surface area contributed by atoms with Gasteiger partial charge in [0.15, 0.2) is 0 Å². The second kappa shape index (κ2) is 5.90. The number of hydrogen-bond acceptors (Lipinski definition) is 2. The molecule has 0 aromatic heterocycles. The van der Waals surface area contributed by atoms with E-state index in [-0.39, 0.29) is 5.02 Å². The lowest BCUT2D eigenvalue weighted by molar-refractivity contribution is 0.407. The number of hydrogen-bond donors (Lipinski definition) is 1. The van der Waals surface area contributed by atoms with E-state index >= 15 is 0 Å². The Balaban J connectivity index is 2.45. The van der Waals surface area contributed by atoms with Gasteiger partial charge >= 0.3 is 0 Å². The molecule has 2 aromatic rings. The first-order valence-electron chi connectivity index (χ1n) is 5.57. The van der Waals surface area contributed by atoms with Crippen LogP contribution in [0.15, 0.2) is 40.9 Å². The zero-order chi connectivity index (χ0) is 14.0. The first kappa shape index (κ1) is 14.3. The molecule has 0 aliphatic rings. The Bertz CT molecular complexity index is 606. The van der Waals surface area contributed by atoms with Gasteiger partial charge in [-0.05, 0) is 35.9 Å². The Morgan fingerprint density at radius 1 is 1.26 bits per heavy atom. The maximum atomic E-state index is 13.5. The largest absolute Gasteiger partial charge is 0.496 e. The van der Waals surface area contributed by atoms with Gasteiger partial charge in [0.05, 0.1) is 18.2 Å². The van der Waals surface area contributed by atoms with Crippen molar-refractivity contribution in [2.75, 3.05) is 7.11 Å². The standard InChI is InChI=1S/C14H12BrClFNO/c1-19-13-5-3-9(15)7-10(13)14(18)8-2-4-11(16)12(17)6-8/h2-7,14H,18H2,1H3. The zero-order valence-corrected chi connectivity index (χ0v) is 12.5. The number of methoxy groups -OCH3 is 1. The predicted molar refractivity (Wildman–Crippen MR) is 78.1 cm³/mol. The Labute approximate surface area is 124 Å². The lowest BCUT2D eigenvalue weighted by atomic mass is 9.99. The van der Waals surface area contributed by atoms with E-state index in [4.69, 9.17) is 22.1 Å². The average molecular weight is 345 g/mol. The third-order valence-corrected chi connectivity index (χ3v) is 3.63. The number of ether oxygens (including phenoxy) is 1. The van der Waals surface area contributed by atoms with Crippen LogP contribution in [-0.2, 0) is 0 Å². The number of halogens is 3. The van der Waals surface area contributed by atoms with Crippen LogP contribution in [0.2, 0.25) is 5.02 Å². The van der Waals surface area contributed by atoms with Gasteiger partial charge in [-0.15, -0.1) is 0 Å². The monoisotopic (exact) mass is 343 g/mol. The minimum Gasteiger partial charge on any atom is -0.496 e. The van der Waals surface area contributed by atoms with Crippen LogP contribution in [0.3, 0.4) is 0 Å². The summed E-state index contributed by atoms with van der Waals surface area (Å²) >= 11 is 9.05. The van der Waals surface area contributed by atoms with E-state index in [1.165, 1.54) is 12.1 Å². The molecular formula is C14H12BrClFNO. The quantitative estimate of drug-likeness (QED) is 0.901. The summed E-state index contributed by atoms with van der Waals surface area (Å²) in [5, 5.41) is 0.0807. The van der Waals surface area contributed by atoms with Crippen molar-refractivity contribution in [3.63, 3.8) is 0 Å². The van der Waals surface area contributed by atoms with Gasteiger partial charge < -0.3 is 10.5 Å². The topological polar surface area (TPSA) is 35.2 Å². The lowest BCUT2D eigenvalue weighted by Crippen LogP contribution is -2.13. The maximum Gasteiger partial charge on any atom is 0.142 e. The molecule has 0 aliphatic heterocycles. The average Bonchev–Trinajstić information content (AvgIpc) is 2.41. The van der Waals surface area contributed by atoms with Gasteiger partial charge in [0.25, 0.3) is 0 Å². The maximum absolute atomic E-state index is 13.5. The van der Waals surface area contributed by atoms with E-state index in [9.17, 15) is 4.39 Å². The molecule has 0 radical (unpaired) electrons. The Morgan fingerprint density at radius 2 is 2.00 bits per heavy atom. The first-order valence-corrected chi connectivity index (χ1v) is 6.74. The summed E-state index contributed by atoms with van der Waals surface area (Å²) in [5.74, 6) is 0.176. The summed E-state index contributed by atoms with van der Waals surface area (Å²) in [6.07, 6.45) is 0. The van der Waals surface area contributed by atoms with Crippen molar-refractivity contribution in [3.05, 3.63) is 62.8 Å². The highest BCUT2D eigenvalue weighted by molar-refractivity contribution is 9.10. The van der Waals surface area contributed by atoms with Crippen LogP contribution < -0.4 is 10.5 Å². The van der Waals surface area contributed by atoms with Crippen molar-refractivity contribution in [2.45, 2.75) is 6.04 Å². The molecule has 0 fully saturated rings. The minimum absolute atomic E-state index is 0.0807. The highest BCUT2D eigenvalue weighted by Gasteiger charge is 2.16. The van der Waals surface area contributed by atoms with Crippen LogP contribution >= 0.6 is 27.5 Å². The van der Waals surface area contributed by atoms with Gasteiger partial charge in [-0.25, -0.2) is 4.39 Å². The highest BCUT2D eigenvalue weighted by atomic mass is 79.9. The van der Waals surface area contributed by atoms with E-state index in [0.717, 1.165) is 10.0 Å². The van der Waals surface area contributed by atoms with Crippen molar-refractivity contribution in [2.24, 2.45) is 5.73 Å². The molecule has 0 spiro atoms. The molecular weight excluding hydrogens is 333 g/mol. The first-order chi connectivity index (χ1) is 9.02. The van der Waals surface area contributed by atoms with Gasteiger partial charge in [-0.1, -0.05) is 33.6 Å². The third kappa shape index (κ3) is 3.08. The fourth-order valence-corrected chi connectivity index (χ4v) is 2.33. The molecule has 0 saturated carbocycles. The fraction of sp³-hybridized carbons (Fsp3) is 0.143. The lowest BCUT2D eigenvalue weighted by Gasteiger charge is -2.17. The van der Waals surface area contributed by atoms with Gasteiger partial charge in [0.2, 0.25) is 0 Å². The summed E-state index contributed by atoms with van der Waals surface area (Å²) in [5.41, 5.74) is 7.58. The molecule has 0 bridgehead atoms. The van der Waals surface area contributed by atoms with Gasteiger partial charge in [-0.2, -0.15) is 0 Å². The van der Waals surface area contributed by atoms with Gasteiger partial charge in [-0.3, -0.25) is 0 Å². The fourth-order valence-electron chi connectivity index (χ4n) is 1.83. The van der Waals surface area contributed by atoms with Gasteiger partial charge in [0, 0.05) is 10.0 Å². The minimum atomic E-state index is -0.487. The third-order valence-electron chi connectivity index (χ3n) is 2.83. The molecule has 2 nitrogen and oxygen atoms in total. The van der Waals surface area contributed by atoms with Crippen LogP contribution in [0.4, 0.5) is 4.39 Å². The van der Waals surface area contributed by atoms with Crippen molar-refractivity contribution in [1.82, 2.24) is 0 Å². The zero-order valence-electron chi connectivity index (χ0n) is 10.2. The van der Waals surface area contributed by atoms with E-state index in [0.29, 0.717) is 11.3 Å². The van der Waals surface area contributed by atoms with Crippen LogP contribution in [0.5, 0.6) is 5.75 Å². The van der Waals surface area contributed by atoms with E-state index < -0.39 is 11.9 Å². The van der Waals surface area contributed by atoms with Crippen molar-refractivity contribution in [3.8, 4) is 5.75 Å². The Hall–Kier alpha value is -1.10. The molecule has 2 aromatic carbocycles. The summed E-state index contributed by atoms with van der Waals surface area (Å²) in [4.78, 5) is 0. The highest BCUT2D eigenvalue weighted by Crippen LogP contribution is 2.31. The molecule has 0 aliphatic carbocycles. The van der Waals surface area contributed by atoms with Crippen LogP contribution in [-0.4, -0.2) is 7.11 Å². The Morgan fingerprint density at radius 3 is 2.63 bits per heavy atom. The number of nitrogens with two attached hydrogens (primary N) is 1. The van der Waals surface area contributed by atoms with Crippen LogP contribution in [0.1, 0.15) is 17.2 Å². The van der Waals surface area contributed by atoms with Crippen molar-refractivity contribution >= 4 is 27.5 Å². The molecule has 0 saturated heterocycles. The van der Waals surface area contributed by atoms with Crippen molar-refractivity contribution in [1.29, 1.82) is 0 Å². The molecule has 5 heteroatoms. The SMILES string of the molecule is COc1ccc(Br)cc1C(N)c1ccc(Cl)c(F)c1. The summed E-state index contributed by atoms with van der Waals surface area (Å²) < 4.78 is 19.6. The molecule has 2 rings (SSSR count). The molecule has 19 heavy (non-hydrogen) atoms. The smallest absolute Gasteiger partial charge is 0.142 e. The molecule has 0 amide bonds. The van der Waals surface area contributed by atoms with Gasteiger partial charge in [0.1, 0.15) is 11.6 Å². The molecule has 2 N–H and O–H groups in total. The molecule has 100 valence electrons. The second-order valence-corrected chi connectivity index (χ2v) is 5.36. The van der Waals surface area contributed by atoms with E-state index in [1.54, 1.807) is 13.2 Å². The number of benzene rings is 2. The number of rotatable bonds is 3. The van der Waals surface area contributed by atoms with Crippen LogP contribution in [0, 0.1) is 5.82 Å². The molecule has 1 unspecified atom stereocenters. The van der Waals surface area contributed by atoms with E-state index in [2.05, 4.69) is 15.9 Å². The normalized spacial score (nSPS) is 12.3. The van der Waals surface area contributed by atoms with E-state index in [1.807, 2.05) is 18.2 Å². The van der Waals surface area contributed by atoms with Crippen molar-refractivity contribution < 1.29 is 9.13 Å². The molecule has 1 atom stereocenters. The van der Waals surface area contributed by atoms with Crippen LogP contribution in [0.25, 0.3) is 0 Å². The predicted octanol–water partition coefficient (Wildman–Crippen LogP) is 4.30. The summed E-state index contributed by atoms with van der Waals surface area (Å²) in [6, 6.07) is 9.58. The summed E-state index contributed by atoms with van der Waals surface area (Å²) in [6.45, 7) is 0. The summed E-state index contributed by atoms with van der Waals surface area (Å²) in [7, 11) is 1.57.